The van der Waals surface area contributed by atoms with Crippen LogP contribution in [0.2, 0.25) is 0 Å². The maximum atomic E-state index is 5.60. The van der Waals surface area contributed by atoms with Gasteiger partial charge in [0.2, 0.25) is 0 Å². The van der Waals surface area contributed by atoms with E-state index in [1.165, 1.54) is 10.5 Å². The zero-order valence-electron chi connectivity index (χ0n) is 7.37. The largest absolute Gasteiger partial charge is 0.129 e. The van der Waals surface area contributed by atoms with Crippen molar-refractivity contribution < 1.29 is 0 Å². The highest BCUT2D eigenvalue weighted by Gasteiger charge is 1.94. The molecule has 0 heterocycles. The minimum Gasteiger partial charge on any atom is -0.129 e. The van der Waals surface area contributed by atoms with Crippen molar-refractivity contribution in [3.63, 3.8) is 0 Å². The number of thioether (sulfide) groups is 1. The molecule has 1 aromatic rings. The number of allylic oxidation sites excluding steroid dienone is 1. The van der Waals surface area contributed by atoms with Gasteiger partial charge in [-0.1, -0.05) is 31.2 Å². The highest BCUT2D eigenvalue weighted by atomic mass is 32.2. The Bertz CT molecular complexity index is 288. The van der Waals surface area contributed by atoms with Crippen LogP contribution in [0.4, 0.5) is 0 Å². The lowest BCUT2D eigenvalue weighted by atomic mass is 9.95. The molecule has 0 fully saturated rings. The summed E-state index contributed by atoms with van der Waals surface area (Å²) in [6.45, 7) is 1.90. The molecule has 0 nitrogen and oxygen atoms in total. The topological polar surface area (TPSA) is 0 Å². The molecule has 0 N–H and O–H groups in total. The van der Waals surface area contributed by atoms with Crippen molar-refractivity contribution in [1.29, 1.82) is 0 Å². The number of rotatable bonds is 2. The van der Waals surface area contributed by atoms with E-state index >= 15 is 0 Å². The first-order valence-electron chi connectivity index (χ1n) is 3.81. The van der Waals surface area contributed by atoms with Gasteiger partial charge in [0.15, 0.2) is 0 Å². The van der Waals surface area contributed by atoms with Gasteiger partial charge in [-0.25, -0.2) is 0 Å². The summed E-state index contributed by atoms with van der Waals surface area (Å²) in [7, 11) is 5.60. The van der Waals surface area contributed by atoms with Gasteiger partial charge in [-0.05, 0) is 17.9 Å². The summed E-state index contributed by atoms with van der Waals surface area (Å²) in [6.07, 6.45) is 4.06. The SMILES string of the molecule is [B]/C(C)=C\c1ccccc1SC. The highest BCUT2D eigenvalue weighted by molar-refractivity contribution is 7.98. The Labute approximate surface area is 79.5 Å². The Kier molecular flexibility index (Phi) is 3.48. The van der Waals surface area contributed by atoms with Crippen LogP contribution in [-0.2, 0) is 0 Å². The summed E-state index contributed by atoms with van der Waals surface area (Å²) in [6, 6.07) is 8.23. The van der Waals surface area contributed by atoms with Crippen LogP contribution in [0.5, 0.6) is 0 Å². The Morgan fingerprint density at radius 1 is 1.42 bits per heavy atom. The zero-order valence-corrected chi connectivity index (χ0v) is 8.19. The van der Waals surface area contributed by atoms with E-state index in [2.05, 4.69) is 18.4 Å². The molecule has 0 amide bonds. The van der Waals surface area contributed by atoms with Crippen molar-refractivity contribution in [2.24, 2.45) is 0 Å². The fourth-order valence-corrected chi connectivity index (χ4v) is 1.61. The predicted octanol–water partition coefficient (Wildman–Crippen LogP) is 2.94. The minimum absolute atomic E-state index is 0.844. The Morgan fingerprint density at radius 3 is 2.67 bits per heavy atom. The molecule has 0 aromatic heterocycles. The van der Waals surface area contributed by atoms with E-state index in [4.69, 9.17) is 7.85 Å². The van der Waals surface area contributed by atoms with E-state index < -0.39 is 0 Å². The molecular weight excluding hydrogens is 163 g/mol. The fraction of sp³-hybridized carbons (Fsp3) is 0.200. The molecular formula is C10H11BS. The molecule has 2 heteroatoms. The molecule has 2 radical (unpaired) electrons. The molecule has 0 aliphatic rings. The summed E-state index contributed by atoms with van der Waals surface area (Å²) in [5.74, 6) is 0. The third kappa shape index (κ3) is 2.45. The standard InChI is InChI=1S/C10H11BS/c1-8(11)7-9-5-3-4-6-10(9)12-2/h3-7H,1-2H3/b8-7-. The van der Waals surface area contributed by atoms with Gasteiger partial charge in [-0.15, -0.1) is 17.2 Å². The Hall–Kier alpha value is -0.625. The number of hydrogen-bond acceptors (Lipinski definition) is 1. The predicted molar refractivity (Wildman–Crippen MR) is 57.6 cm³/mol. The van der Waals surface area contributed by atoms with E-state index in [1.807, 2.05) is 25.1 Å². The molecule has 1 aromatic carbocycles. The minimum atomic E-state index is 0.844. The average molecular weight is 174 g/mol. The van der Waals surface area contributed by atoms with Crippen molar-refractivity contribution in [3.8, 4) is 0 Å². The summed E-state index contributed by atoms with van der Waals surface area (Å²) < 4.78 is 0. The van der Waals surface area contributed by atoms with Crippen LogP contribution in [0.25, 0.3) is 6.08 Å². The van der Waals surface area contributed by atoms with Crippen molar-refractivity contribution >= 4 is 25.7 Å². The number of benzene rings is 1. The molecule has 0 aliphatic heterocycles. The molecule has 0 atom stereocenters. The smallest absolute Gasteiger partial charge is 0.107 e. The first kappa shape index (κ1) is 9.46. The molecule has 1 rings (SSSR count). The summed E-state index contributed by atoms with van der Waals surface area (Å²) >= 11 is 1.74. The second-order valence-electron chi connectivity index (χ2n) is 2.63. The van der Waals surface area contributed by atoms with Crippen molar-refractivity contribution in [1.82, 2.24) is 0 Å². The van der Waals surface area contributed by atoms with Crippen molar-refractivity contribution in [3.05, 3.63) is 35.3 Å². The lowest BCUT2D eigenvalue weighted by molar-refractivity contribution is 1.42. The first-order valence-corrected chi connectivity index (χ1v) is 5.03. The van der Waals surface area contributed by atoms with Gasteiger partial charge in [0.1, 0.15) is 7.85 Å². The number of hydrogen-bond donors (Lipinski definition) is 0. The van der Waals surface area contributed by atoms with Gasteiger partial charge < -0.3 is 0 Å². The monoisotopic (exact) mass is 174 g/mol. The van der Waals surface area contributed by atoms with Gasteiger partial charge in [-0.2, -0.15) is 0 Å². The van der Waals surface area contributed by atoms with Gasteiger partial charge in [0, 0.05) is 4.90 Å². The van der Waals surface area contributed by atoms with E-state index in [0.29, 0.717) is 0 Å². The van der Waals surface area contributed by atoms with Gasteiger partial charge in [0.25, 0.3) is 0 Å². The Morgan fingerprint density at radius 2 is 2.08 bits per heavy atom. The molecule has 12 heavy (non-hydrogen) atoms. The highest BCUT2D eigenvalue weighted by Crippen LogP contribution is 2.21. The van der Waals surface area contributed by atoms with Crippen LogP contribution in [0.1, 0.15) is 12.5 Å². The molecule has 60 valence electrons. The second kappa shape index (κ2) is 4.41. The quantitative estimate of drug-likeness (QED) is 0.490. The van der Waals surface area contributed by atoms with Crippen LogP contribution in [-0.4, -0.2) is 14.1 Å². The first-order chi connectivity index (χ1) is 5.74. The lowest BCUT2D eigenvalue weighted by Crippen LogP contribution is -1.79. The molecule has 0 unspecified atom stereocenters. The zero-order chi connectivity index (χ0) is 8.97. The molecule has 0 aliphatic carbocycles. The summed E-state index contributed by atoms with van der Waals surface area (Å²) in [4.78, 5) is 1.27. The second-order valence-corrected chi connectivity index (χ2v) is 3.48. The maximum absolute atomic E-state index is 5.60. The van der Waals surface area contributed by atoms with Crippen LogP contribution in [0.15, 0.2) is 34.6 Å². The van der Waals surface area contributed by atoms with E-state index in [1.54, 1.807) is 11.8 Å². The molecule has 0 spiro atoms. The third-order valence-corrected chi connectivity index (χ3v) is 2.33. The van der Waals surface area contributed by atoms with E-state index in [-0.39, 0.29) is 0 Å². The van der Waals surface area contributed by atoms with E-state index in [0.717, 1.165) is 5.47 Å². The van der Waals surface area contributed by atoms with Crippen LogP contribution < -0.4 is 0 Å². The summed E-state index contributed by atoms with van der Waals surface area (Å²) in [5.41, 5.74) is 2.04. The van der Waals surface area contributed by atoms with Crippen LogP contribution in [0, 0.1) is 0 Å². The van der Waals surface area contributed by atoms with Gasteiger partial charge >= 0.3 is 0 Å². The van der Waals surface area contributed by atoms with Crippen LogP contribution >= 0.6 is 11.8 Å². The molecule has 0 saturated heterocycles. The third-order valence-electron chi connectivity index (χ3n) is 1.52. The Balaban J connectivity index is 3.05. The lowest BCUT2D eigenvalue weighted by Gasteiger charge is -2.01. The fourth-order valence-electron chi connectivity index (χ4n) is 1.03. The normalized spacial score (nSPS) is 11.7. The van der Waals surface area contributed by atoms with Crippen LogP contribution in [0.3, 0.4) is 0 Å². The van der Waals surface area contributed by atoms with Gasteiger partial charge in [0.05, 0.1) is 0 Å². The van der Waals surface area contributed by atoms with E-state index in [9.17, 15) is 0 Å². The maximum Gasteiger partial charge on any atom is 0.107 e. The molecule has 0 bridgehead atoms. The average Bonchev–Trinajstić information content (AvgIpc) is 2.04. The van der Waals surface area contributed by atoms with Crippen molar-refractivity contribution in [2.45, 2.75) is 11.8 Å². The van der Waals surface area contributed by atoms with Crippen molar-refractivity contribution in [2.75, 3.05) is 6.26 Å². The summed E-state index contributed by atoms with van der Waals surface area (Å²) in [5, 5.41) is 0. The molecule has 0 saturated carbocycles. The van der Waals surface area contributed by atoms with Gasteiger partial charge in [-0.3, -0.25) is 0 Å².